The highest BCUT2D eigenvalue weighted by atomic mass is 79.9. The second kappa shape index (κ2) is 8.43. The van der Waals surface area contributed by atoms with Crippen molar-refractivity contribution in [3.05, 3.63) is 99.5 Å². The number of aliphatic hydroxyl groups is 1. The Morgan fingerprint density at radius 1 is 1.10 bits per heavy atom. The van der Waals surface area contributed by atoms with Gasteiger partial charge < -0.3 is 10.4 Å². The Morgan fingerprint density at radius 2 is 1.86 bits per heavy atom. The molecule has 2 heterocycles. The lowest BCUT2D eigenvalue weighted by molar-refractivity contribution is -0.131. The summed E-state index contributed by atoms with van der Waals surface area (Å²) in [7, 11) is 0. The molecule has 6 heteroatoms. The van der Waals surface area contributed by atoms with E-state index in [0.29, 0.717) is 18.4 Å². The molecular formula is C23H20BrFN2O2. The molecule has 29 heavy (non-hydrogen) atoms. The van der Waals surface area contributed by atoms with Crippen molar-refractivity contribution in [1.82, 2.24) is 10.3 Å². The highest BCUT2D eigenvalue weighted by Gasteiger charge is 2.43. The Kier molecular flexibility index (Phi) is 5.74. The molecule has 1 aromatic heterocycles. The third-order valence-corrected chi connectivity index (χ3v) is 5.78. The minimum absolute atomic E-state index is 0.0220. The average molecular weight is 455 g/mol. The number of benzene rings is 2. The third kappa shape index (κ3) is 4.23. The molecule has 3 aromatic rings. The maximum absolute atomic E-state index is 13.1. The number of aromatic nitrogens is 1. The number of β-lactam (4-membered cyclic amide) rings is 1. The van der Waals surface area contributed by atoms with Crippen LogP contribution in [0.25, 0.3) is 0 Å². The molecule has 4 rings (SSSR count). The van der Waals surface area contributed by atoms with Gasteiger partial charge in [0, 0.05) is 10.7 Å². The maximum Gasteiger partial charge on any atom is 0.230 e. The van der Waals surface area contributed by atoms with Gasteiger partial charge in [0.2, 0.25) is 5.91 Å². The van der Waals surface area contributed by atoms with Gasteiger partial charge >= 0.3 is 0 Å². The number of carbonyl (C=O) groups is 1. The summed E-state index contributed by atoms with van der Waals surface area (Å²) in [5.74, 6) is -0.649. The van der Waals surface area contributed by atoms with E-state index < -0.39 is 6.10 Å². The Labute approximate surface area is 176 Å². The molecular weight excluding hydrogens is 435 g/mol. The number of aryl methyl sites for hydroxylation is 1. The fraction of sp³-hybridized carbons (Fsp3) is 0.217. The first-order chi connectivity index (χ1) is 14.0. The number of carbonyl (C=O) groups excluding carboxylic acids is 1. The second-order valence-corrected chi connectivity index (χ2v) is 8.09. The van der Waals surface area contributed by atoms with Gasteiger partial charge in [0.25, 0.3) is 0 Å². The van der Waals surface area contributed by atoms with Gasteiger partial charge in [-0.05, 0) is 69.7 Å². The van der Waals surface area contributed by atoms with E-state index in [2.05, 4.69) is 26.2 Å². The first kappa shape index (κ1) is 19.7. The highest BCUT2D eigenvalue weighted by Crippen LogP contribution is 2.40. The van der Waals surface area contributed by atoms with Crippen molar-refractivity contribution in [2.45, 2.75) is 30.9 Å². The number of rotatable bonds is 6. The lowest BCUT2D eigenvalue weighted by Gasteiger charge is -2.37. The van der Waals surface area contributed by atoms with Gasteiger partial charge in [0.05, 0.1) is 23.8 Å². The number of nitrogens with zero attached hydrogens (tertiary/aromatic N) is 1. The molecule has 148 valence electrons. The molecule has 1 fully saturated rings. The van der Waals surface area contributed by atoms with Crippen molar-refractivity contribution in [3.63, 3.8) is 0 Å². The van der Waals surface area contributed by atoms with Crippen LogP contribution in [0.1, 0.15) is 46.9 Å². The summed E-state index contributed by atoms with van der Waals surface area (Å²) in [6.07, 6.45) is 2.13. The average Bonchev–Trinajstić information content (AvgIpc) is 2.72. The van der Waals surface area contributed by atoms with E-state index in [1.165, 1.54) is 12.1 Å². The first-order valence-corrected chi connectivity index (χ1v) is 10.3. The lowest BCUT2D eigenvalue weighted by atomic mass is 9.79. The normalized spacial score (nSPS) is 19.3. The second-order valence-electron chi connectivity index (χ2n) is 7.17. The van der Waals surface area contributed by atoms with E-state index in [-0.39, 0.29) is 23.7 Å². The van der Waals surface area contributed by atoms with Crippen LogP contribution in [0.2, 0.25) is 0 Å². The quantitative estimate of drug-likeness (QED) is 0.534. The van der Waals surface area contributed by atoms with Crippen molar-refractivity contribution in [2.75, 3.05) is 0 Å². The van der Waals surface area contributed by atoms with Crippen LogP contribution in [0.5, 0.6) is 0 Å². The summed E-state index contributed by atoms with van der Waals surface area (Å²) in [6, 6.07) is 17.4. The van der Waals surface area contributed by atoms with Crippen LogP contribution < -0.4 is 5.32 Å². The van der Waals surface area contributed by atoms with Crippen molar-refractivity contribution >= 4 is 21.8 Å². The van der Waals surface area contributed by atoms with E-state index in [4.69, 9.17) is 0 Å². The molecule has 0 aliphatic carbocycles. The number of nitrogens with one attached hydrogen (secondary N) is 1. The minimum Gasteiger partial charge on any atom is -0.388 e. The van der Waals surface area contributed by atoms with Crippen molar-refractivity contribution < 1.29 is 14.3 Å². The number of pyridine rings is 1. The summed E-state index contributed by atoms with van der Waals surface area (Å²) in [4.78, 5) is 16.8. The van der Waals surface area contributed by atoms with Gasteiger partial charge in [-0.15, -0.1) is 0 Å². The molecule has 0 radical (unpaired) electrons. The first-order valence-electron chi connectivity index (χ1n) is 9.46. The number of halogens is 2. The van der Waals surface area contributed by atoms with E-state index in [0.717, 1.165) is 21.3 Å². The fourth-order valence-electron chi connectivity index (χ4n) is 3.73. The largest absolute Gasteiger partial charge is 0.388 e. The number of aliphatic hydroxyl groups excluding tert-OH is 1. The number of hydrogen-bond donors (Lipinski definition) is 2. The Morgan fingerprint density at radius 3 is 2.55 bits per heavy atom. The molecule has 2 N–H and O–H groups in total. The molecule has 0 unspecified atom stereocenters. The molecule has 4 nitrogen and oxygen atoms in total. The minimum atomic E-state index is -0.692. The fourth-order valence-corrected chi connectivity index (χ4v) is 3.96. The predicted octanol–water partition coefficient (Wildman–Crippen LogP) is 4.60. The summed E-state index contributed by atoms with van der Waals surface area (Å²) in [5, 5.41) is 13.4. The van der Waals surface area contributed by atoms with Gasteiger partial charge in [0.15, 0.2) is 0 Å². The summed E-state index contributed by atoms with van der Waals surface area (Å²) in [5.41, 5.74) is 3.48. The van der Waals surface area contributed by atoms with E-state index >= 15 is 0 Å². The van der Waals surface area contributed by atoms with Crippen LogP contribution in [0.4, 0.5) is 4.39 Å². The topological polar surface area (TPSA) is 62.2 Å². The van der Waals surface area contributed by atoms with Gasteiger partial charge in [0.1, 0.15) is 5.82 Å². The molecule has 1 saturated heterocycles. The predicted molar refractivity (Wildman–Crippen MR) is 112 cm³/mol. The van der Waals surface area contributed by atoms with E-state index in [1.54, 1.807) is 18.3 Å². The zero-order valence-electron chi connectivity index (χ0n) is 15.6. The highest BCUT2D eigenvalue weighted by molar-refractivity contribution is 9.10. The van der Waals surface area contributed by atoms with Crippen LogP contribution in [0, 0.1) is 5.82 Å². The van der Waals surface area contributed by atoms with Crippen LogP contribution in [-0.2, 0) is 11.2 Å². The Bertz CT molecular complexity index is 1010. The standard InChI is InChI=1S/C23H20BrFN2O2/c24-16-8-11-19(26-13-16)22-21(23(29)27-22)18-4-2-1-3-14(18)7-12-20(28)15-5-9-17(25)10-6-15/h1-6,8-11,13,20-22,28H,7,12H2,(H,27,29)/t20-,21+,22+/m0/s1. The molecule has 1 amide bonds. The molecule has 3 atom stereocenters. The molecule has 1 aliphatic rings. The lowest BCUT2D eigenvalue weighted by Crippen LogP contribution is -2.50. The van der Waals surface area contributed by atoms with Crippen molar-refractivity contribution in [1.29, 1.82) is 0 Å². The summed E-state index contributed by atoms with van der Waals surface area (Å²) >= 11 is 3.38. The Hall–Kier alpha value is -2.57. The van der Waals surface area contributed by atoms with Gasteiger partial charge in [-0.1, -0.05) is 36.4 Å². The van der Waals surface area contributed by atoms with Gasteiger partial charge in [-0.2, -0.15) is 0 Å². The van der Waals surface area contributed by atoms with E-state index in [1.807, 2.05) is 36.4 Å². The zero-order valence-corrected chi connectivity index (χ0v) is 17.1. The molecule has 1 aliphatic heterocycles. The van der Waals surface area contributed by atoms with Crippen molar-refractivity contribution in [3.8, 4) is 0 Å². The zero-order chi connectivity index (χ0) is 20.4. The van der Waals surface area contributed by atoms with Gasteiger partial charge in [-0.25, -0.2) is 4.39 Å². The molecule has 0 bridgehead atoms. The third-order valence-electron chi connectivity index (χ3n) is 5.31. The number of hydrogen-bond acceptors (Lipinski definition) is 3. The molecule has 0 saturated carbocycles. The molecule has 2 aromatic carbocycles. The van der Waals surface area contributed by atoms with Crippen LogP contribution in [0.15, 0.2) is 71.3 Å². The van der Waals surface area contributed by atoms with Gasteiger partial charge in [-0.3, -0.25) is 9.78 Å². The SMILES string of the molecule is O=C1N[C@H](c2ccc(Br)cn2)[C@H]1c1ccccc1CC[C@H](O)c1ccc(F)cc1. The summed E-state index contributed by atoms with van der Waals surface area (Å²) in [6.45, 7) is 0. The maximum atomic E-state index is 13.1. The van der Waals surface area contributed by atoms with Crippen LogP contribution in [-0.4, -0.2) is 16.0 Å². The van der Waals surface area contributed by atoms with Crippen LogP contribution in [0.3, 0.4) is 0 Å². The molecule has 0 spiro atoms. The van der Waals surface area contributed by atoms with E-state index in [9.17, 15) is 14.3 Å². The van der Waals surface area contributed by atoms with Crippen LogP contribution >= 0.6 is 15.9 Å². The Balaban J connectivity index is 1.52. The summed E-state index contributed by atoms with van der Waals surface area (Å²) < 4.78 is 14.0. The number of amides is 1. The smallest absolute Gasteiger partial charge is 0.230 e. The monoisotopic (exact) mass is 454 g/mol. The van der Waals surface area contributed by atoms with Crippen molar-refractivity contribution in [2.24, 2.45) is 0 Å².